The van der Waals surface area contributed by atoms with Gasteiger partial charge in [0.15, 0.2) is 0 Å². The number of aromatic nitrogens is 4. The second kappa shape index (κ2) is 10.3. The van der Waals surface area contributed by atoms with Crippen molar-refractivity contribution in [1.29, 1.82) is 0 Å². The van der Waals surface area contributed by atoms with Gasteiger partial charge in [-0.1, -0.05) is 6.07 Å². The van der Waals surface area contributed by atoms with Crippen molar-refractivity contribution < 1.29 is 14.6 Å². The summed E-state index contributed by atoms with van der Waals surface area (Å²) in [6.45, 7) is 1.50. The van der Waals surface area contributed by atoms with Gasteiger partial charge in [-0.2, -0.15) is 0 Å². The van der Waals surface area contributed by atoms with Crippen molar-refractivity contribution in [3.05, 3.63) is 76.9 Å². The van der Waals surface area contributed by atoms with Gasteiger partial charge < -0.3 is 19.7 Å². The van der Waals surface area contributed by atoms with Crippen LogP contribution in [0.25, 0.3) is 33.5 Å². The molecule has 4 heterocycles. The topological polar surface area (TPSA) is 104 Å². The zero-order valence-corrected chi connectivity index (χ0v) is 21.7. The van der Waals surface area contributed by atoms with E-state index in [1.165, 1.54) is 0 Å². The molecule has 1 fully saturated rings. The Morgan fingerprint density at radius 2 is 2.08 bits per heavy atom. The number of imidazole rings is 1. The molecule has 0 radical (unpaired) electrons. The van der Waals surface area contributed by atoms with Crippen LogP contribution in [0.5, 0.6) is 11.6 Å². The van der Waals surface area contributed by atoms with E-state index >= 15 is 0 Å². The fraction of sp³-hybridized carbons (Fsp3) is 0.241. The van der Waals surface area contributed by atoms with Crippen molar-refractivity contribution in [1.82, 2.24) is 24.8 Å². The van der Waals surface area contributed by atoms with Gasteiger partial charge in [0.05, 0.1) is 28.7 Å². The van der Waals surface area contributed by atoms with Crippen LogP contribution in [0.2, 0.25) is 0 Å². The van der Waals surface area contributed by atoms with E-state index in [-0.39, 0.29) is 11.7 Å². The molecule has 8 nitrogen and oxygen atoms in total. The third-order valence-electron chi connectivity index (χ3n) is 7.01. The van der Waals surface area contributed by atoms with Gasteiger partial charge in [-0.3, -0.25) is 4.79 Å². The van der Waals surface area contributed by atoms with Crippen LogP contribution < -0.4 is 4.74 Å². The number of phenolic OH excluding ortho intramolecular Hbond substituents is 1. The van der Waals surface area contributed by atoms with Crippen LogP contribution in [-0.4, -0.2) is 56.0 Å². The quantitative estimate of drug-likeness (QED) is 0.301. The SMILES string of the molecule is COc1ncccc1-c1ccc(O)c(-c2nc3ccc(C(=O)N4CCCC(Cc5nccs5)C4)cc3[nH]2)c1. The van der Waals surface area contributed by atoms with Gasteiger partial charge in [-0.25, -0.2) is 15.0 Å². The first kappa shape index (κ1) is 24.1. The normalized spacial score (nSPS) is 15.6. The first-order valence-corrected chi connectivity index (χ1v) is 13.5. The summed E-state index contributed by atoms with van der Waals surface area (Å²) in [6, 6.07) is 14.6. The summed E-state index contributed by atoms with van der Waals surface area (Å²) in [5.74, 6) is 1.58. The number of benzene rings is 2. The minimum atomic E-state index is 0.0282. The number of ether oxygens (including phenoxy) is 1. The van der Waals surface area contributed by atoms with Crippen molar-refractivity contribution in [3.8, 4) is 34.1 Å². The third-order valence-corrected chi connectivity index (χ3v) is 7.81. The number of methoxy groups -OCH3 is 1. The van der Waals surface area contributed by atoms with Crippen LogP contribution >= 0.6 is 11.3 Å². The van der Waals surface area contributed by atoms with Crippen LogP contribution in [0, 0.1) is 5.92 Å². The number of nitrogens with one attached hydrogen (secondary N) is 1. The largest absolute Gasteiger partial charge is 0.507 e. The summed E-state index contributed by atoms with van der Waals surface area (Å²) in [7, 11) is 1.58. The molecule has 1 amide bonds. The Morgan fingerprint density at radius 3 is 2.92 bits per heavy atom. The highest BCUT2D eigenvalue weighted by Crippen LogP contribution is 2.36. The van der Waals surface area contributed by atoms with E-state index in [1.807, 2.05) is 58.9 Å². The Balaban J connectivity index is 1.26. The molecule has 0 spiro atoms. The number of fused-ring (bicyclic) bond motifs is 1. The zero-order chi connectivity index (χ0) is 26.1. The number of amides is 1. The van der Waals surface area contributed by atoms with Gasteiger partial charge in [0.2, 0.25) is 5.88 Å². The standard InChI is InChI=1S/C29H27N5O3S/c1-37-28-21(5-2-10-31-28)19-7-9-25(35)22(15-19)27-32-23-8-6-20(16-24(23)33-27)29(36)34-12-3-4-18(17-34)14-26-30-11-13-38-26/h2,5-11,13,15-16,18,35H,3-4,12,14,17H2,1H3,(H,32,33). The average Bonchev–Trinajstić information content (AvgIpc) is 3.62. The minimum absolute atomic E-state index is 0.0282. The van der Waals surface area contributed by atoms with Crippen molar-refractivity contribution in [3.63, 3.8) is 0 Å². The van der Waals surface area contributed by atoms with Crippen molar-refractivity contribution in [2.75, 3.05) is 20.2 Å². The summed E-state index contributed by atoms with van der Waals surface area (Å²) in [4.78, 5) is 32.0. The predicted molar refractivity (Wildman–Crippen MR) is 147 cm³/mol. The van der Waals surface area contributed by atoms with Crippen LogP contribution in [-0.2, 0) is 6.42 Å². The monoisotopic (exact) mass is 525 g/mol. The Labute approximate surface area is 224 Å². The van der Waals surface area contributed by atoms with Gasteiger partial charge in [0, 0.05) is 48.4 Å². The number of H-pyrrole nitrogens is 1. The number of carbonyl (C=O) groups excluding carboxylic acids is 1. The molecular formula is C29H27N5O3S. The number of aromatic hydroxyl groups is 1. The fourth-order valence-electron chi connectivity index (χ4n) is 5.14. The van der Waals surface area contributed by atoms with Crippen LogP contribution in [0.15, 0.2) is 66.3 Å². The highest BCUT2D eigenvalue weighted by atomic mass is 32.1. The van der Waals surface area contributed by atoms with E-state index in [0.717, 1.165) is 59.5 Å². The highest BCUT2D eigenvalue weighted by Gasteiger charge is 2.25. The lowest BCUT2D eigenvalue weighted by atomic mass is 9.94. The van der Waals surface area contributed by atoms with E-state index < -0.39 is 0 Å². The smallest absolute Gasteiger partial charge is 0.253 e. The molecule has 5 aromatic rings. The number of rotatable bonds is 6. The van der Waals surface area contributed by atoms with Crippen molar-refractivity contribution in [2.24, 2.45) is 5.92 Å². The molecule has 0 bridgehead atoms. The van der Waals surface area contributed by atoms with Gasteiger partial charge in [0.25, 0.3) is 5.91 Å². The number of thiazole rings is 1. The fourth-order valence-corrected chi connectivity index (χ4v) is 5.87. The molecule has 3 aromatic heterocycles. The minimum Gasteiger partial charge on any atom is -0.507 e. The molecule has 1 aliphatic rings. The van der Waals surface area contributed by atoms with Crippen LogP contribution in [0.3, 0.4) is 0 Å². The zero-order valence-electron chi connectivity index (χ0n) is 20.9. The molecule has 1 atom stereocenters. The summed E-state index contributed by atoms with van der Waals surface area (Å²) in [6.07, 6.45) is 6.53. The molecule has 192 valence electrons. The second-order valence-corrected chi connectivity index (χ2v) is 10.5. The number of nitrogens with zero attached hydrogens (tertiary/aromatic N) is 4. The Hall–Kier alpha value is -4.24. The number of hydrogen-bond acceptors (Lipinski definition) is 7. The maximum absolute atomic E-state index is 13.4. The van der Waals surface area contributed by atoms with Gasteiger partial charge in [-0.05, 0) is 66.8 Å². The van der Waals surface area contributed by atoms with E-state index in [2.05, 4.69) is 15.0 Å². The molecule has 2 N–H and O–H groups in total. The lowest BCUT2D eigenvalue weighted by Gasteiger charge is -2.32. The van der Waals surface area contributed by atoms with Gasteiger partial charge in [-0.15, -0.1) is 11.3 Å². The molecular weight excluding hydrogens is 498 g/mol. The maximum Gasteiger partial charge on any atom is 0.253 e. The molecule has 0 saturated carbocycles. The second-order valence-electron chi connectivity index (χ2n) is 9.50. The number of hydrogen-bond donors (Lipinski definition) is 2. The lowest BCUT2D eigenvalue weighted by molar-refractivity contribution is 0.0673. The molecule has 1 saturated heterocycles. The predicted octanol–water partition coefficient (Wildman–Crippen LogP) is 5.56. The first-order chi connectivity index (χ1) is 18.6. The molecule has 6 rings (SSSR count). The molecule has 38 heavy (non-hydrogen) atoms. The number of likely N-dealkylation sites (tertiary alicyclic amines) is 1. The molecule has 2 aromatic carbocycles. The van der Waals surface area contributed by atoms with Crippen molar-refractivity contribution in [2.45, 2.75) is 19.3 Å². The maximum atomic E-state index is 13.4. The van der Waals surface area contributed by atoms with E-state index in [0.29, 0.717) is 28.7 Å². The van der Waals surface area contributed by atoms with E-state index in [9.17, 15) is 9.90 Å². The Kier molecular flexibility index (Phi) is 6.51. The number of pyridine rings is 1. The molecule has 1 unspecified atom stereocenters. The molecule has 0 aliphatic carbocycles. The summed E-state index contributed by atoms with van der Waals surface area (Å²) < 4.78 is 5.41. The number of carbonyl (C=O) groups is 1. The number of phenols is 1. The Morgan fingerprint density at radius 1 is 1.16 bits per heavy atom. The highest BCUT2D eigenvalue weighted by molar-refractivity contribution is 7.09. The summed E-state index contributed by atoms with van der Waals surface area (Å²) in [5.41, 5.74) is 4.30. The van der Waals surface area contributed by atoms with E-state index in [4.69, 9.17) is 9.72 Å². The average molecular weight is 526 g/mol. The molecule has 9 heteroatoms. The number of aromatic amines is 1. The third kappa shape index (κ3) is 4.72. The summed E-state index contributed by atoms with van der Waals surface area (Å²) in [5, 5.41) is 13.8. The van der Waals surface area contributed by atoms with Crippen LogP contribution in [0.1, 0.15) is 28.2 Å². The lowest BCUT2D eigenvalue weighted by Crippen LogP contribution is -2.40. The summed E-state index contributed by atoms with van der Waals surface area (Å²) >= 11 is 1.67. The first-order valence-electron chi connectivity index (χ1n) is 12.6. The van der Waals surface area contributed by atoms with Crippen molar-refractivity contribution >= 4 is 28.3 Å². The van der Waals surface area contributed by atoms with Gasteiger partial charge >= 0.3 is 0 Å². The van der Waals surface area contributed by atoms with E-state index in [1.54, 1.807) is 30.7 Å². The number of piperidine rings is 1. The molecule has 1 aliphatic heterocycles. The van der Waals surface area contributed by atoms with Gasteiger partial charge in [0.1, 0.15) is 11.6 Å². The Bertz CT molecular complexity index is 1600. The van der Waals surface area contributed by atoms with Crippen LogP contribution in [0.4, 0.5) is 0 Å².